The van der Waals surface area contributed by atoms with Crippen molar-refractivity contribution in [3.63, 3.8) is 0 Å². The zero-order chi connectivity index (χ0) is 12.4. The Labute approximate surface area is 99.1 Å². The second-order valence-electron chi connectivity index (χ2n) is 4.00. The Morgan fingerprint density at radius 2 is 2.35 bits per heavy atom. The third-order valence-corrected chi connectivity index (χ3v) is 2.89. The van der Waals surface area contributed by atoms with E-state index in [1.54, 1.807) is 0 Å². The molecular weight excluding hydrogens is 218 g/mol. The molecule has 0 unspecified atom stereocenters. The molecule has 0 aliphatic rings. The molecule has 0 bridgehead atoms. The number of carboxylic acid groups (broad SMARTS) is 1. The van der Waals surface area contributed by atoms with Gasteiger partial charge < -0.3 is 14.7 Å². The number of rotatable bonds is 4. The van der Waals surface area contributed by atoms with Crippen LogP contribution in [-0.2, 0) is 18.3 Å². The minimum absolute atomic E-state index is 0.106. The maximum atomic E-state index is 10.6. The van der Waals surface area contributed by atoms with Crippen LogP contribution in [0.2, 0.25) is 0 Å². The van der Waals surface area contributed by atoms with E-state index in [4.69, 9.17) is 5.11 Å². The Morgan fingerprint density at radius 3 is 2.94 bits per heavy atom. The van der Waals surface area contributed by atoms with Crippen molar-refractivity contribution in [1.82, 2.24) is 14.5 Å². The number of H-pyrrole nitrogens is 1. The van der Waals surface area contributed by atoms with Crippen LogP contribution in [-0.4, -0.2) is 25.6 Å². The van der Waals surface area contributed by atoms with E-state index in [2.05, 4.69) is 9.97 Å². The molecule has 2 N–H and O–H groups in total. The minimum Gasteiger partial charge on any atom is -0.481 e. The number of hydrogen-bond acceptors (Lipinski definition) is 2. The number of aliphatic carboxylic acids is 1. The lowest BCUT2D eigenvalue weighted by atomic mass is 10.2. The summed E-state index contributed by atoms with van der Waals surface area (Å²) in [7, 11) is 1.91. The summed E-state index contributed by atoms with van der Waals surface area (Å²) in [5, 5.41) is 8.68. The normalized spacial score (nSPS) is 10.7. The fraction of sp³-hybridized carbons (Fsp3) is 0.333. The second-order valence-corrected chi connectivity index (χ2v) is 4.00. The first kappa shape index (κ1) is 11.4. The van der Waals surface area contributed by atoms with E-state index in [9.17, 15) is 4.79 Å². The predicted molar refractivity (Wildman–Crippen MR) is 63.7 cm³/mol. The van der Waals surface area contributed by atoms with E-state index in [-0.39, 0.29) is 6.42 Å². The second kappa shape index (κ2) is 4.45. The summed E-state index contributed by atoms with van der Waals surface area (Å²) in [4.78, 5) is 18.2. The molecule has 2 aromatic heterocycles. The molecular formula is C12H15N3O2. The van der Waals surface area contributed by atoms with Crippen molar-refractivity contribution in [1.29, 1.82) is 0 Å². The first-order chi connectivity index (χ1) is 8.09. The number of nitrogens with one attached hydrogen (secondary N) is 1. The number of carbonyl (C=O) groups is 1. The van der Waals surface area contributed by atoms with E-state index in [0.29, 0.717) is 6.42 Å². The molecule has 0 atom stereocenters. The maximum Gasteiger partial charge on any atom is 0.303 e. The van der Waals surface area contributed by atoms with E-state index < -0.39 is 5.97 Å². The summed E-state index contributed by atoms with van der Waals surface area (Å²) < 4.78 is 1.94. The van der Waals surface area contributed by atoms with Gasteiger partial charge in [-0.2, -0.15) is 0 Å². The third kappa shape index (κ3) is 2.22. The van der Waals surface area contributed by atoms with Gasteiger partial charge >= 0.3 is 5.97 Å². The number of nitrogens with zero attached hydrogens (tertiary/aromatic N) is 2. The van der Waals surface area contributed by atoms with E-state index in [1.165, 1.54) is 0 Å². The summed E-state index contributed by atoms with van der Waals surface area (Å²) in [6.07, 6.45) is 2.40. The smallest absolute Gasteiger partial charge is 0.303 e. The Kier molecular flexibility index (Phi) is 2.99. The average Bonchev–Trinajstić information content (AvgIpc) is 2.88. The number of carboxylic acids is 1. The molecule has 5 heteroatoms. The molecule has 0 saturated heterocycles. The topological polar surface area (TPSA) is 70.9 Å². The summed E-state index contributed by atoms with van der Waals surface area (Å²) in [5.74, 6) is 0.00146. The van der Waals surface area contributed by atoms with Crippen molar-refractivity contribution >= 4 is 5.97 Å². The highest BCUT2D eigenvalue weighted by atomic mass is 16.4. The van der Waals surface area contributed by atoms with Crippen molar-refractivity contribution in [3.05, 3.63) is 29.8 Å². The van der Waals surface area contributed by atoms with Crippen molar-refractivity contribution in [2.24, 2.45) is 7.05 Å². The molecule has 2 rings (SSSR count). The van der Waals surface area contributed by atoms with Gasteiger partial charge in [0.1, 0.15) is 11.5 Å². The molecule has 0 fully saturated rings. The third-order valence-electron chi connectivity index (χ3n) is 2.89. The Morgan fingerprint density at radius 1 is 1.59 bits per heavy atom. The van der Waals surface area contributed by atoms with Gasteiger partial charge in [-0.05, 0) is 19.1 Å². The molecule has 0 amide bonds. The van der Waals surface area contributed by atoms with Gasteiger partial charge in [0.2, 0.25) is 0 Å². The standard InChI is InChI=1S/C12H15N3O2/c1-8-12(9-4-3-7-13-9)14-10(15(8)2)5-6-11(16)17/h3-4,7,13H,5-6H2,1-2H3,(H,16,17). The minimum atomic E-state index is -0.799. The lowest BCUT2D eigenvalue weighted by Crippen LogP contribution is -2.03. The largest absolute Gasteiger partial charge is 0.481 e. The molecule has 0 spiro atoms. The molecule has 0 saturated carbocycles. The van der Waals surface area contributed by atoms with Gasteiger partial charge in [-0.1, -0.05) is 0 Å². The van der Waals surface area contributed by atoms with Gasteiger partial charge in [-0.15, -0.1) is 0 Å². The average molecular weight is 233 g/mol. The predicted octanol–water partition coefficient (Wildman–Crippen LogP) is 1.74. The van der Waals surface area contributed by atoms with Crippen LogP contribution in [0.5, 0.6) is 0 Å². The molecule has 17 heavy (non-hydrogen) atoms. The van der Waals surface area contributed by atoms with Crippen LogP contribution in [0, 0.1) is 6.92 Å². The Hall–Kier alpha value is -2.04. The highest BCUT2D eigenvalue weighted by Gasteiger charge is 2.13. The van der Waals surface area contributed by atoms with Crippen LogP contribution < -0.4 is 0 Å². The molecule has 0 aromatic carbocycles. The van der Waals surface area contributed by atoms with Crippen LogP contribution in [0.1, 0.15) is 17.9 Å². The van der Waals surface area contributed by atoms with Crippen LogP contribution in [0.15, 0.2) is 18.3 Å². The zero-order valence-electron chi connectivity index (χ0n) is 9.90. The lowest BCUT2D eigenvalue weighted by Gasteiger charge is -2.00. The van der Waals surface area contributed by atoms with Gasteiger partial charge in [0.25, 0.3) is 0 Å². The molecule has 0 aliphatic heterocycles. The zero-order valence-corrected chi connectivity index (χ0v) is 9.90. The molecule has 0 radical (unpaired) electrons. The molecule has 5 nitrogen and oxygen atoms in total. The number of aromatic amines is 1. The first-order valence-electron chi connectivity index (χ1n) is 5.47. The van der Waals surface area contributed by atoms with Gasteiger partial charge in [0.15, 0.2) is 0 Å². The number of aryl methyl sites for hydroxylation is 1. The van der Waals surface area contributed by atoms with E-state index in [1.807, 2.05) is 36.9 Å². The van der Waals surface area contributed by atoms with Crippen molar-refractivity contribution in [2.75, 3.05) is 0 Å². The molecule has 2 heterocycles. The number of hydrogen-bond donors (Lipinski definition) is 2. The van der Waals surface area contributed by atoms with Gasteiger partial charge in [-0.3, -0.25) is 4.79 Å². The van der Waals surface area contributed by atoms with Crippen LogP contribution in [0.4, 0.5) is 0 Å². The first-order valence-corrected chi connectivity index (χ1v) is 5.47. The van der Waals surface area contributed by atoms with E-state index in [0.717, 1.165) is 22.9 Å². The quantitative estimate of drug-likeness (QED) is 0.845. The number of aromatic nitrogens is 3. The summed E-state index contributed by atoms with van der Waals surface area (Å²) in [6.45, 7) is 1.98. The Balaban J connectivity index is 2.31. The molecule has 90 valence electrons. The number of imidazole rings is 1. The van der Waals surface area contributed by atoms with Gasteiger partial charge in [-0.25, -0.2) is 4.98 Å². The van der Waals surface area contributed by atoms with E-state index >= 15 is 0 Å². The fourth-order valence-electron chi connectivity index (χ4n) is 1.81. The lowest BCUT2D eigenvalue weighted by molar-refractivity contribution is -0.137. The summed E-state index contributed by atoms with van der Waals surface area (Å²) >= 11 is 0. The van der Waals surface area contributed by atoms with Crippen molar-refractivity contribution < 1.29 is 9.90 Å². The van der Waals surface area contributed by atoms with Crippen LogP contribution >= 0.6 is 0 Å². The summed E-state index contributed by atoms with van der Waals surface area (Å²) in [6, 6.07) is 3.87. The van der Waals surface area contributed by atoms with Crippen LogP contribution in [0.3, 0.4) is 0 Å². The van der Waals surface area contributed by atoms with Crippen LogP contribution in [0.25, 0.3) is 11.4 Å². The van der Waals surface area contributed by atoms with Gasteiger partial charge in [0.05, 0.1) is 12.1 Å². The highest BCUT2D eigenvalue weighted by Crippen LogP contribution is 2.21. The molecule has 0 aliphatic carbocycles. The molecule has 2 aromatic rings. The van der Waals surface area contributed by atoms with Crippen molar-refractivity contribution in [2.45, 2.75) is 19.8 Å². The van der Waals surface area contributed by atoms with Gasteiger partial charge in [0, 0.05) is 25.4 Å². The summed E-state index contributed by atoms with van der Waals surface area (Å²) in [5.41, 5.74) is 2.88. The van der Waals surface area contributed by atoms with Crippen molar-refractivity contribution in [3.8, 4) is 11.4 Å². The highest BCUT2D eigenvalue weighted by molar-refractivity contribution is 5.67. The fourth-order valence-corrected chi connectivity index (χ4v) is 1.81. The SMILES string of the molecule is Cc1c(-c2ccc[nH]2)nc(CCC(=O)O)n1C. The monoisotopic (exact) mass is 233 g/mol. The maximum absolute atomic E-state index is 10.6. The Bertz CT molecular complexity index is 526.